The number of β-amino-alcohol motifs (C(OH)–C–C–N with tert-alkyl or cyclic N) is 1. The number of nitrogens with zero attached hydrogens (tertiary/aromatic N) is 3. The molecule has 222 valence electrons. The van der Waals surface area contributed by atoms with E-state index in [1.807, 2.05) is 19.9 Å². The van der Waals surface area contributed by atoms with Crippen LogP contribution in [0.3, 0.4) is 0 Å². The SMILES string of the molecule is CCN(c1cc(CN2CCC[C@H](O)C2)cc(C(=O)NCC2=C(C)C=C(C)OC2C)c1C)C1CCC(N(C)C)CC1. The van der Waals surface area contributed by atoms with Gasteiger partial charge in [-0.05, 0) is 134 Å². The van der Waals surface area contributed by atoms with E-state index in [0.717, 1.165) is 66.1 Å². The number of carbonyl (C=O) groups excluding carboxylic acids is 1. The molecule has 2 N–H and O–H groups in total. The van der Waals surface area contributed by atoms with Crippen LogP contribution in [0.15, 0.2) is 35.1 Å². The summed E-state index contributed by atoms with van der Waals surface area (Å²) in [6.07, 6.45) is 8.34. The molecule has 1 saturated heterocycles. The summed E-state index contributed by atoms with van der Waals surface area (Å²) >= 11 is 0. The van der Waals surface area contributed by atoms with Crippen molar-refractivity contribution < 1.29 is 14.6 Å². The van der Waals surface area contributed by atoms with E-state index in [0.29, 0.717) is 25.2 Å². The van der Waals surface area contributed by atoms with E-state index in [-0.39, 0.29) is 18.1 Å². The Morgan fingerprint density at radius 3 is 2.42 bits per heavy atom. The molecule has 0 spiro atoms. The minimum Gasteiger partial charge on any atom is -0.491 e. The lowest BCUT2D eigenvalue weighted by Gasteiger charge is -2.40. The molecular weight excluding hydrogens is 500 g/mol. The van der Waals surface area contributed by atoms with Gasteiger partial charge >= 0.3 is 0 Å². The van der Waals surface area contributed by atoms with Gasteiger partial charge in [-0.15, -0.1) is 0 Å². The Morgan fingerprint density at radius 2 is 1.80 bits per heavy atom. The highest BCUT2D eigenvalue weighted by atomic mass is 16.5. The molecule has 1 aromatic carbocycles. The number of aliphatic hydroxyl groups excluding tert-OH is 1. The van der Waals surface area contributed by atoms with E-state index >= 15 is 0 Å². The summed E-state index contributed by atoms with van der Waals surface area (Å²) in [4.78, 5) is 21.0. The van der Waals surface area contributed by atoms with Crippen molar-refractivity contribution in [2.75, 3.05) is 45.2 Å². The zero-order chi connectivity index (χ0) is 29.0. The van der Waals surface area contributed by atoms with E-state index in [2.05, 4.69) is 67.0 Å². The average molecular weight is 553 g/mol. The van der Waals surface area contributed by atoms with Crippen LogP contribution in [0.2, 0.25) is 0 Å². The maximum Gasteiger partial charge on any atom is 0.251 e. The highest BCUT2D eigenvalue weighted by Crippen LogP contribution is 2.34. The maximum absolute atomic E-state index is 13.8. The number of carbonyl (C=O) groups is 1. The van der Waals surface area contributed by atoms with E-state index in [4.69, 9.17) is 4.74 Å². The van der Waals surface area contributed by atoms with Gasteiger partial charge in [-0.2, -0.15) is 0 Å². The molecule has 40 heavy (non-hydrogen) atoms. The normalized spacial score (nSPS) is 26.0. The zero-order valence-electron chi connectivity index (χ0n) is 25.9. The first-order valence-electron chi connectivity index (χ1n) is 15.4. The quantitative estimate of drug-likeness (QED) is 0.449. The van der Waals surface area contributed by atoms with Crippen LogP contribution in [0.5, 0.6) is 0 Å². The summed E-state index contributed by atoms with van der Waals surface area (Å²) in [7, 11) is 4.38. The van der Waals surface area contributed by atoms with Gasteiger partial charge in [0.2, 0.25) is 0 Å². The van der Waals surface area contributed by atoms with Gasteiger partial charge in [0.15, 0.2) is 0 Å². The number of nitrogens with one attached hydrogen (secondary N) is 1. The summed E-state index contributed by atoms with van der Waals surface area (Å²) in [5.74, 6) is 0.876. The molecule has 2 atom stereocenters. The van der Waals surface area contributed by atoms with E-state index in [1.165, 1.54) is 31.4 Å². The van der Waals surface area contributed by atoms with Crippen LogP contribution in [0.25, 0.3) is 0 Å². The number of hydrogen-bond acceptors (Lipinski definition) is 6. The molecule has 1 aromatic rings. The molecule has 1 amide bonds. The zero-order valence-corrected chi connectivity index (χ0v) is 25.9. The van der Waals surface area contributed by atoms with Crippen molar-refractivity contribution in [2.45, 2.75) is 104 Å². The number of hydrogen-bond donors (Lipinski definition) is 2. The molecule has 0 bridgehead atoms. The third-order valence-electron chi connectivity index (χ3n) is 9.28. The Morgan fingerprint density at radius 1 is 1.10 bits per heavy atom. The summed E-state index contributed by atoms with van der Waals surface area (Å²) < 4.78 is 5.91. The van der Waals surface area contributed by atoms with Crippen LogP contribution in [0, 0.1) is 6.92 Å². The largest absolute Gasteiger partial charge is 0.491 e. The smallest absolute Gasteiger partial charge is 0.251 e. The Bertz CT molecular complexity index is 1100. The van der Waals surface area contributed by atoms with Gasteiger partial charge in [-0.25, -0.2) is 0 Å². The summed E-state index contributed by atoms with van der Waals surface area (Å²) in [5.41, 5.74) is 6.40. The van der Waals surface area contributed by atoms with Crippen molar-refractivity contribution >= 4 is 11.6 Å². The first kappa shape index (κ1) is 30.6. The molecule has 1 unspecified atom stereocenters. The molecule has 2 heterocycles. The van der Waals surface area contributed by atoms with Crippen molar-refractivity contribution in [3.63, 3.8) is 0 Å². The van der Waals surface area contributed by atoms with Crippen LogP contribution >= 0.6 is 0 Å². The number of likely N-dealkylation sites (tertiary alicyclic amines) is 1. The molecule has 2 aliphatic heterocycles. The molecule has 7 heteroatoms. The van der Waals surface area contributed by atoms with Crippen LogP contribution in [-0.4, -0.2) is 85.4 Å². The predicted molar refractivity (Wildman–Crippen MR) is 164 cm³/mol. The van der Waals surface area contributed by atoms with Crippen molar-refractivity contribution in [1.29, 1.82) is 0 Å². The van der Waals surface area contributed by atoms with E-state index in [9.17, 15) is 9.90 Å². The fourth-order valence-electron chi connectivity index (χ4n) is 6.98. The second kappa shape index (κ2) is 13.5. The number of piperidine rings is 1. The van der Waals surface area contributed by atoms with Gasteiger partial charge in [0.1, 0.15) is 6.10 Å². The molecule has 0 aromatic heterocycles. The van der Waals surface area contributed by atoms with Crippen molar-refractivity contribution in [2.24, 2.45) is 0 Å². The van der Waals surface area contributed by atoms with Crippen LogP contribution in [-0.2, 0) is 11.3 Å². The third kappa shape index (κ3) is 7.29. The Labute approximate surface area is 242 Å². The second-order valence-corrected chi connectivity index (χ2v) is 12.4. The fraction of sp³-hybridized carbons (Fsp3) is 0.667. The first-order valence-corrected chi connectivity index (χ1v) is 15.4. The number of allylic oxidation sites excluding steroid dienone is 3. The molecule has 1 aliphatic carbocycles. The molecule has 7 nitrogen and oxygen atoms in total. The van der Waals surface area contributed by atoms with Crippen LogP contribution < -0.4 is 10.2 Å². The lowest BCUT2D eigenvalue weighted by Crippen LogP contribution is -2.43. The second-order valence-electron chi connectivity index (χ2n) is 12.4. The number of rotatable bonds is 9. The minimum absolute atomic E-state index is 0.0366. The molecular formula is C33H52N4O3. The topological polar surface area (TPSA) is 68.3 Å². The van der Waals surface area contributed by atoms with Gasteiger partial charge in [-0.3, -0.25) is 9.69 Å². The Kier molecular flexibility index (Phi) is 10.4. The Balaban J connectivity index is 1.61. The summed E-state index contributed by atoms with van der Waals surface area (Å²) in [6, 6.07) is 5.52. The van der Waals surface area contributed by atoms with Crippen molar-refractivity contribution in [1.82, 2.24) is 15.1 Å². The van der Waals surface area contributed by atoms with Gasteiger partial charge in [0.25, 0.3) is 5.91 Å². The van der Waals surface area contributed by atoms with E-state index < -0.39 is 0 Å². The average Bonchev–Trinajstić information content (AvgIpc) is 2.90. The van der Waals surface area contributed by atoms with E-state index in [1.54, 1.807) is 0 Å². The number of aliphatic hydroxyl groups is 1. The minimum atomic E-state index is -0.269. The predicted octanol–water partition coefficient (Wildman–Crippen LogP) is 5.02. The molecule has 1 saturated carbocycles. The van der Waals surface area contributed by atoms with Gasteiger partial charge in [-0.1, -0.05) is 0 Å². The highest BCUT2D eigenvalue weighted by Gasteiger charge is 2.29. The van der Waals surface area contributed by atoms with Gasteiger partial charge in [0.05, 0.1) is 11.9 Å². The monoisotopic (exact) mass is 552 g/mol. The third-order valence-corrected chi connectivity index (χ3v) is 9.28. The number of ether oxygens (including phenoxy) is 1. The molecule has 4 rings (SSSR count). The van der Waals surface area contributed by atoms with Crippen LogP contribution in [0.4, 0.5) is 5.69 Å². The lowest BCUT2D eigenvalue weighted by molar-refractivity contribution is 0.0668. The standard InChI is InChI=1S/C33H52N4O3/c1-8-37(28-13-11-27(12-14-28)35(6)7)32-18-26(20-36-15-9-10-29(38)21-36)17-30(24(32)4)33(39)34-19-31-22(2)16-23(3)40-25(31)5/h16-18,25,27-29,38H,8-15,19-21H2,1-7H3,(H,34,39)/t25?,27?,28?,29-/m0/s1. The Hall–Kier alpha value is -2.35. The van der Waals surface area contributed by atoms with Crippen molar-refractivity contribution in [3.8, 4) is 0 Å². The van der Waals surface area contributed by atoms with Gasteiger partial charge in [0, 0.05) is 49.5 Å². The maximum atomic E-state index is 13.8. The summed E-state index contributed by atoms with van der Waals surface area (Å²) in [6.45, 7) is 14.2. The molecule has 0 radical (unpaired) electrons. The highest BCUT2D eigenvalue weighted by molar-refractivity contribution is 5.97. The number of amides is 1. The lowest BCUT2D eigenvalue weighted by atomic mass is 9.88. The number of benzene rings is 1. The van der Waals surface area contributed by atoms with Crippen molar-refractivity contribution in [3.05, 3.63) is 51.8 Å². The van der Waals surface area contributed by atoms with Crippen LogP contribution in [0.1, 0.15) is 87.7 Å². The van der Waals surface area contributed by atoms with Gasteiger partial charge < -0.3 is 25.0 Å². The number of anilines is 1. The fourth-order valence-corrected chi connectivity index (χ4v) is 6.98. The molecule has 2 fully saturated rings. The molecule has 3 aliphatic rings. The first-order chi connectivity index (χ1) is 19.1. The summed E-state index contributed by atoms with van der Waals surface area (Å²) in [5, 5.41) is 13.5.